The van der Waals surface area contributed by atoms with Crippen LogP contribution in [0.1, 0.15) is 34.1 Å². The Morgan fingerprint density at radius 3 is 2.19 bits per heavy atom. The van der Waals surface area contributed by atoms with Gasteiger partial charge in [-0.25, -0.2) is 0 Å². The highest BCUT2D eigenvalue weighted by Crippen LogP contribution is 2.01. The molecule has 0 aromatic heterocycles. The fourth-order valence-corrected chi connectivity index (χ4v) is 2.01. The normalized spacial score (nSPS) is 14.1. The Hall–Kier alpha value is -0.120. The molecule has 0 bridgehead atoms. The molecule has 3 nitrogen and oxygen atoms in total. The molecule has 3 heteroatoms. The summed E-state index contributed by atoms with van der Waals surface area (Å²) in [6.45, 7) is 13.6. The van der Waals surface area contributed by atoms with Gasteiger partial charge in [-0.3, -0.25) is 4.90 Å². The van der Waals surface area contributed by atoms with Gasteiger partial charge in [0.1, 0.15) is 0 Å². The van der Waals surface area contributed by atoms with Crippen molar-refractivity contribution in [2.24, 2.45) is 0 Å². The molecule has 0 aromatic rings. The van der Waals surface area contributed by atoms with Crippen molar-refractivity contribution in [1.82, 2.24) is 15.1 Å². The van der Waals surface area contributed by atoms with E-state index in [2.05, 4.69) is 56.9 Å². The third-order valence-electron chi connectivity index (χ3n) is 2.83. The zero-order chi connectivity index (χ0) is 12.6. The van der Waals surface area contributed by atoms with Gasteiger partial charge in [0.05, 0.1) is 0 Å². The Morgan fingerprint density at radius 2 is 1.75 bits per heavy atom. The van der Waals surface area contributed by atoms with Crippen molar-refractivity contribution in [3.63, 3.8) is 0 Å². The van der Waals surface area contributed by atoms with Gasteiger partial charge in [-0.2, -0.15) is 0 Å². The van der Waals surface area contributed by atoms with Gasteiger partial charge in [0.15, 0.2) is 0 Å². The van der Waals surface area contributed by atoms with Gasteiger partial charge in [-0.05, 0) is 47.1 Å². The van der Waals surface area contributed by atoms with Crippen LogP contribution in [0.4, 0.5) is 0 Å². The van der Waals surface area contributed by atoms with Crippen LogP contribution in [-0.4, -0.2) is 62.2 Å². The quantitative estimate of drug-likeness (QED) is 0.607. The second-order valence-electron chi connectivity index (χ2n) is 5.20. The summed E-state index contributed by atoms with van der Waals surface area (Å²) in [5.74, 6) is 0. The van der Waals surface area contributed by atoms with Crippen LogP contribution in [0.15, 0.2) is 0 Å². The Kier molecular flexibility index (Phi) is 8.90. The maximum absolute atomic E-state index is 3.47. The predicted molar refractivity (Wildman–Crippen MR) is 73.0 cm³/mol. The van der Waals surface area contributed by atoms with Crippen LogP contribution in [0.5, 0.6) is 0 Å². The first-order valence-corrected chi connectivity index (χ1v) is 6.59. The second-order valence-corrected chi connectivity index (χ2v) is 5.20. The second kappa shape index (κ2) is 8.97. The van der Waals surface area contributed by atoms with E-state index in [4.69, 9.17) is 0 Å². The van der Waals surface area contributed by atoms with E-state index in [1.807, 2.05) is 0 Å². The summed E-state index contributed by atoms with van der Waals surface area (Å²) in [5.41, 5.74) is 0. The fourth-order valence-electron chi connectivity index (χ4n) is 2.01. The van der Waals surface area contributed by atoms with E-state index >= 15 is 0 Å². The lowest BCUT2D eigenvalue weighted by Gasteiger charge is -2.30. The molecule has 0 amide bonds. The maximum atomic E-state index is 3.47. The molecule has 0 spiro atoms. The lowest BCUT2D eigenvalue weighted by atomic mass is 10.2. The molecule has 1 N–H and O–H groups in total. The minimum Gasteiger partial charge on any atom is -0.314 e. The molecule has 0 saturated carbocycles. The number of hydrogen-bond donors (Lipinski definition) is 1. The highest BCUT2D eigenvalue weighted by Gasteiger charge is 2.11. The van der Waals surface area contributed by atoms with Crippen molar-refractivity contribution in [3.05, 3.63) is 0 Å². The number of likely N-dealkylation sites (N-methyl/N-ethyl adjacent to an activating group) is 2. The Balaban J connectivity index is 3.73. The van der Waals surface area contributed by atoms with Gasteiger partial charge in [0.25, 0.3) is 0 Å². The van der Waals surface area contributed by atoms with E-state index in [1.54, 1.807) is 0 Å². The summed E-state index contributed by atoms with van der Waals surface area (Å²) < 4.78 is 0. The molecule has 0 fully saturated rings. The number of rotatable bonds is 9. The van der Waals surface area contributed by atoms with Gasteiger partial charge in [0.2, 0.25) is 0 Å². The summed E-state index contributed by atoms with van der Waals surface area (Å²) in [4.78, 5) is 4.82. The van der Waals surface area contributed by atoms with Crippen LogP contribution in [0.2, 0.25) is 0 Å². The van der Waals surface area contributed by atoms with Gasteiger partial charge in [0, 0.05) is 18.6 Å². The van der Waals surface area contributed by atoms with Crippen LogP contribution >= 0.6 is 0 Å². The highest BCUT2D eigenvalue weighted by molar-refractivity contribution is 4.69. The molecule has 0 aliphatic rings. The molecule has 16 heavy (non-hydrogen) atoms. The van der Waals surface area contributed by atoms with E-state index in [-0.39, 0.29) is 0 Å². The van der Waals surface area contributed by atoms with Crippen molar-refractivity contribution < 1.29 is 0 Å². The highest BCUT2D eigenvalue weighted by atomic mass is 15.2. The summed E-state index contributed by atoms with van der Waals surface area (Å²) >= 11 is 0. The molecular weight excluding hydrogens is 198 g/mol. The molecule has 0 aliphatic heterocycles. The maximum Gasteiger partial charge on any atom is 0.0194 e. The molecule has 0 aromatic carbocycles. The predicted octanol–water partition coefficient (Wildman–Crippen LogP) is 1.65. The van der Waals surface area contributed by atoms with E-state index in [9.17, 15) is 0 Å². The van der Waals surface area contributed by atoms with Gasteiger partial charge < -0.3 is 10.2 Å². The van der Waals surface area contributed by atoms with Crippen molar-refractivity contribution in [3.8, 4) is 0 Å². The fraction of sp³-hybridized carbons (Fsp3) is 1.00. The van der Waals surface area contributed by atoms with Crippen LogP contribution in [0, 0.1) is 0 Å². The minimum absolute atomic E-state index is 0.606. The molecule has 0 radical (unpaired) electrons. The van der Waals surface area contributed by atoms with Crippen molar-refractivity contribution in [2.75, 3.05) is 40.3 Å². The zero-order valence-corrected chi connectivity index (χ0v) is 12.1. The Bertz CT molecular complexity index is 157. The molecule has 0 saturated heterocycles. The van der Waals surface area contributed by atoms with Crippen LogP contribution in [0.25, 0.3) is 0 Å². The van der Waals surface area contributed by atoms with Crippen LogP contribution in [-0.2, 0) is 0 Å². The number of nitrogens with zero attached hydrogens (tertiary/aromatic N) is 2. The minimum atomic E-state index is 0.606. The molecule has 0 heterocycles. The standard InChI is InChI=1S/C13H31N3/c1-7-16(13(4)11-15(5)6)10-8-9-14-12(2)3/h12-14H,7-11H2,1-6H3. The molecular formula is C13H31N3. The van der Waals surface area contributed by atoms with Crippen molar-refractivity contribution in [1.29, 1.82) is 0 Å². The summed E-state index contributed by atoms with van der Waals surface area (Å²) in [6.07, 6.45) is 1.24. The molecule has 0 rings (SSSR count). The monoisotopic (exact) mass is 229 g/mol. The molecule has 1 atom stereocenters. The first-order valence-electron chi connectivity index (χ1n) is 6.59. The summed E-state index contributed by atoms with van der Waals surface area (Å²) in [6, 6.07) is 1.26. The van der Waals surface area contributed by atoms with E-state index in [1.165, 1.54) is 13.0 Å². The van der Waals surface area contributed by atoms with Crippen molar-refractivity contribution in [2.45, 2.75) is 46.2 Å². The molecule has 0 aliphatic carbocycles. The van der Waals surface area contributed by atoms with Gasteiger partial charge in [-0.1, -0.05) is 20.8 Å². The topological polar surface area (TPSA) is 18.5 Å². The van der Waals surface area contributed by atoms with E-state index in [0.29, 0.717) is 12.1 Å². The third-order valence-corrected chi connectivity index (χ3v) is 2.83. The van der Waals surface area contributed by atoms with E-state index in [0.717, 1.165) is 19.6 Å². The SMILES string of the molecule is CCN(CCCNC(C)C)C(C)CN(C)C. The summed E-state index contributed by atoms with van der Waals surface area (Å²) in [5, 5.41) is 3.47. The average Bonchev–Trinajstić information content (AvgIpc) is 2.16. The van der Waals surface area contributed by atoms with Crippen molar-refractivity contribution >= 4 is 0 Å². The lowest BCUT2D eigenvalue weighted by Crippen LogP contribution is -2.41. The average molecular weight is 229 g/mol. The Morgan fingerprint density at radius 1 is 1.12 bits per heavy atom. The van der Waals surface area contributed by atoms with E-state index < -0.39 is 0 Å². The smallest absolute Gasteiger partial charge is 0.0194 e. The Labute approximate surface area is 102 Å². The number of hydrogen-bond acceptors (Lipinski definition) is 3. The molecule has 98 valence electrons. The zero-order valence-electron chi connectivity index (χ0n) is 12.1. The largest absolute Gasteiger partial charge is 0.314 e. The number of nitrogens with one attached hydrogen (secondary N) is 1. The summed E-state index contributed by atoms with van der Waals surface area (Å²) in [7, 11) is 4.29. The molecule has 1 unspecified atom stereocenters. The first-order chi connectivity index (χ1) is 7.47. The van der Waals surface area contributed by atoms with Gasteiger partial charge in [-0.15, -0.1) is 0 Å². The first kappa shape index (κ1) is 15.9. The third kappa shape index (κ3) is 8.08. The lowest BCUT2D eigenvalue weighted by molar-refractivity contribution is 0.179. The van der Waals surface area contributed by atoms with Crippen LogP contribution < -0.4 is 5.32 Å². The van der Waals surface area contributed by atoms with Crippen LogP contribution in [0.3, 0.4) is 0 Å². The van der Waals surface area contributed by atoms with Gasteiger partial charge >= 0.3 is 0 Å².